The number of aliphatic hydroxyl groups excluding tert-OH is 1. The molecule has 1 aromatic rings. The summed E-state index contributed by atoms with van der Waals surface area (Å²) >= 11 is 0. The highest BCUT2D eigenvalue weighted by molar-refractivity contribution is 7.89. The van der Waals surface area contributed by atoms with Crippen molar-refractivity contribution in [3.05, 3.63) is 23.8 Å². The lowest BCUT2D eigenvalue weighted by molar-refractivity contribution is 0.198. The summed E-state index contributed by atoms with van der Waals surface area (Å²) in [5.74, 6) is 0. The fraction of sp³-hybridized carbons (Fsp3) is 0.600. The topological polar surface area (TPSA) is 69.6 Å². The number of sulfonamides is 1. The van der Waals surface area contributed by atoms with Crippen molar-refractivity contribution < 1.29 is 13.5 Å². The molecule has 1 aliphatic carbocycles. The molecule has 1 fully saturated rings. The molecule has 3 rings (SSSR count). The number of hydrogen-bond acceptors (Lipinski definition) is 4. The molecular weight excluding hydrogens is 288 g/mol. The molecule has 0 radical (unpaired) electrons. The highest BCUT2D eigenvalue weighted by atomic mass is 32.2. The van der Waals surface area contributed by atoms with Crippen molar-refractivity contribution >= 4 is 15.7 Å². The van der Waals surface area contributed by atoms with Crippen molar-refractivity contribution in [2.75, 3.05) is 25.0 Å². The molecule has 1 aromatic carbocycles. The highest BCUT2D eigenvalue weighted by Crippen LogP contribution is 2.32. The van der Waals surface area contributed by atoms with Crippen LogP contribution in [-0.4, -0.2) is 43.6 Å². The van der Waals surface area contributed by atoms with Gasteiger partial charge in [0.05, 0.1) is 4.90 Å². The zero-order chi connectivity index (χ0) is 14.9. The summed E-state index contributed by atoms with van der Waals surface area (Å²) in [6.07, 6.45) is 4.30. The molecule has 5 nitrogen and oxygen atoms in total. The Balaban J connectivity index is 1.89. The molecule has 1 aliphatic heterocycles. The van der Waals surface area contributed by atoms with Crippen molar-refractivity contribution in [1.82, 2.24) is 4.31 Å². The Kier molecular flexibility index (Phi) is 4.19. The Morgan fingerprint density at radius 1 is 1.33 bits per heavy atom. The predicted molar refractivity (Wildman–Crippen MR) is 81.9 cm³/mol. The van der Waals surface area contributed by atoms with Crippen molar-refractivity contribution in [2.24, 2.45) is 0 Å². The lowest BCUT2D eigenvalue weighted by Gasteiger charge is -2.36. The Hall–Kier alpha value is -1.11. The van der Waals surface area contributed by atoms with E-state index in [1.54, 1.807) is 16.4 Å². The molecule has 1 saturated carbocycles. The van der Waals surface area contributed by atoms with Crippen LogP contribution in [0.25, 0.3) is 0 Å². The molecule has 0 bridgehead atoms. The average molecular weight is 310 g/mol. The Morgan fingerprint density at radius 3 is 2.81 bits per heavy atom. The van der Waals surface area contributed by atoms with Gasteiger partial charge < -0.3 is 10.4 Å². The molecule has 6 heteroatoms. The summed E-state index contributed by atoms with van der Waals surface area (Å²) in [5.41, 5.74) is 2.12. The number of nitrogens with zero attached hydrogens (tertiary/aromatic N) is 1. The number of nitrogens with one attached hydrogen (secondary N) is 1. The molecule has 0 spiro atoms. The number of benzene rings is 1. The first-order chi connectivity index (χ1) is 10.1. The summed E-state index contributed by atoms with van der Waals surface area (Å²) < 4.78 is 27.4. The maximum atomic E-state index is 12.9. The van der Waals surface area contributed by atoms with Crippen LogP contribution in [0.3, 0.4) is 0 Å². The molecular formula is C15H22N2O3S. The van der Waals surface area contributed by atoms with Crippen LogP contribution < -0.4 is 5.32 Å². The van der Waals surface area contributed by atoms with E-state index in [4.69, 9.17) is 5.11 Å². The second-order valence-electron chi connectivity index (χ2n) is 5.77. The Labute approximate surface area is 126 Å². The maximum absolute atomic E-state index is 12.9. The molecule has 116 valence electrons. The molecule has 0 aromatic heterocycles. The van der Waals surface area contributed by atoms with Crippen molar-refractivity contribution in [3.63, 3.8) is 0 Å². The third kappa shape index (κ3) is 2.80. The van der Waals surface area contributed by atoms with E-state index in [0.717, 1.165) is 43.5 Å². The smallest absolute Gasteiger partial charge is 0.243 e. The second kappa shape index (κ2) is 5.94. The molecule has 2 N–H and O–H groups in total. The lowest BCUT2D eigenvalue weighted by atomic mass is 9.93. The van der Waals surface area contributed by atoms with Gasteiger partial charge in [-0.3, -0.25) is 0 Å². The highest BCUT2D eigenvalue weighted by Gasteiger charge is 2.34. The standard InChI is InChI=1S/C15H22N2O3S/c18-10-2-9-17(13-3-1-4-13)21(19,20)14-5-6-15-12(11-14)7-8-16-15/h5-6,11,13,16,18H,1-4,7-10H2. The van der Waals surface area contributed by atoms with E-state index in [1.807, 2.05) is 6.07 Å². The van der Waals surface area contributed by atoms with Gasteiger partial charge in [-0.1, -0.05) is 6.42 Å². The van der Waals surface area contributed by atoms with E-state index in [1.165, 1.54) is 0 Å². The number of hydrogen-bond donors (Lipinski definition) is 2. The van der Waals surface area contributed by atoms with Gasteiger partial charge in [0.15, 0.2) is 0 Å². The number of fused-ring (bicyclic) bond motifs is 1. The van der Waals surface area contributed by atoms with Crippen LogP contribution in [0.2, 0.25) is 0 Å². The summed E-state index contributed by atoms with van der Waals surface area (Å²) in [7, 11) is -3.46. The third-order valence-corrected chi connectivity index (χ3v) is 6.36. The van der Waals surface area contributed by atoms with Gasteiger partial charge in [0.1, 0.15) is 0 Å². The fourth-order valence-electron chi connectivity index (χ4n) is 2.98. The van der Waals surface area contributed by atoms with Crippen LogP contribution in [-0.2, 0) is 16.4 Å². The number of rotatable bonds is 6. The largest absolute Gasteiger partial charge is 0.396 e. The van der Waals surface area contributed by atoms with Gasteiger partial charge in [-0.2, -0.15) is 4.31 Å². The van der Waals surface area contributed by atoms with Crippen molar-refractivity contribution in [3.8, 4) is 0 Å². The fourth-order valence-corrected chi connectivity index (χ4v) is 4.75. The number of aliphatic hydroxyl groups is 1. The van der Waals surface area contributed by atoms with Gasteiger partial charge in [0.2, 0.25) is 10.0 Å². The zero-order valence-corrected chi connectivity index (χ0v) is 12.9. The van der Waals surface area contributed by atoms with Crippen LogP contribution in [0.1, 0.15) is 31.2 Å². The van der Waals surface area contributed by atoms with E-state index in [2.05, 4.69) is 5.32 Å². The van der Waals surface area contributed by atoms with Crippen LogP contribution in [0.5, 0.6) is 0 Å². The van der Waals surface area contributed by atoms with E-state index in [0.29, 0.717) is 17.9 Å². The van der Waals surface area contributed by atoms with E-state index in [-0.39, 0.29) is 12.6 Å². The molecule has 0 unspecified atom stereocenters. The van der Waals surface area contributed by atoms with Crippen LogP contribution >= 0.6 is 0 Å². The minimum absolute atomic E-state index is 0.0207. The van der Waals surface area contributed by atoms with Gasteiger partial charge >= 0.3 is 0 Å². The van der Waals surface area contributed by atoms with E-state index < -0.39 is 10.0 Å². The molecule has 0 atom stereocenters. The summed E-state index contributed by atoms with van der Waals surface area (Å²) in [5, 5.41) is 12.3. The first-order valence-corrected chi connectivity index (χ1v) is 9.06. The normalized spacial score (nSPS) is 18.4. The molecule has 0 saturated heterocycles. The maximum Gasteiger partial charge on any atom is 0.243 e. The van der Waals surface area contributed by atoms with Crippen LogP contribution in [0.4, 0.5) is 5.69 Å². The van der Waals surface area contributed by atoms with Gasteiger partial charge in [-0.05, 0) is 49.4 Å². The lowest BCUT2D eigenvalue weighted by Crippen LogP contribution is -2.44. The van der Waals surface area contributed by atoms with Crippen LogP contribution in [0, 0.1) is 0 Å². The van der Waals surface area contributed by atoms with Gasteiger partial charge in [-0.25, -0.2) is 8.42 Å². The minimum Gasteiger partial charge on any atom is -0.396 e. The monoisotopic (exact) mass is 310 g/mol. The van der Waals surface area contributed by atoms with Gasteiger partial charge in [0, 0.05) is 31.4 Å². The predicted octanol–water partition coefficient (Wildman–Crippen LogP) is 1.58. The first kappa shape index (κ1) is 14.8. The van der Waals surface area contributed by atoms with Crippen LogP contribution in [0.15, 0.2) is 23.1 Å². The second-order valence-corrected chi connectivity index (χ2v) is 7.66. The SMILES string of the molecule is O=S(=O)(c1ccc2c(c1)CCN2)N(CCCO)C1CCC1. The minimum atomic E-state index is -3.46. The summed E-state index contributed by atoms with van der Waals surface area (Å²) in [4.78, 5) is 0.384. The molecule has 1 heterocycles. The molecule has 0 amide bonds. The average Bonchev–Trinajstić information content (AvgIpc) is 2.88. The zero-order valence-electron chi connectivity index (χ0n) is 12.1. The van der Waals surface area contributed by atoms with E-state index in [9.17, 15) is 8.42 Å². The van der Waals surface area contributed by atoms with E-state index >= 15 is 0 Å². The summed E-state index contributed by atoms with van der Waals surface area (Å²) in [6, 6.07) is 5.46. The first-order valence-electron chi connectivity index (χ1n) is 7.62. The Morgan fingerprint density at radius 2 is 2.14 bits per heavy atom. The molecule has 2 aliphatic rings. The molecule has 21 heavy (non-hydrogen) atoms. The van der Waals surface area contributed by atoms with Crippen molar-refractivity contribution in [2.45, 2.75) is 43.0 Å². The number of anilines is 1. The quantitative estimate of drug-likeness (QED) is 0.837. The van der Waals surface area contributed by atoms with Crippen molar-refractivity contribution in [1.29, 1.82) is 0 Å². The Bertz CT molecular complexity index is 611. The third-order valence-electron chi connectivity index (χ3n) is 4.41. The van der Waals surface area contributed by atoms with Gasteiger partial charge in [0.25, 0.3) is 0 Å². The van der Waals surface area contributed by atoms with Gasteiger partial charge in [-0.15, -0.1) is 0 Å². The summed E-state index contributed by atoms with van der Waals surface area (Å²) in [6.45, 7) is 1.29.